The number of nitrogens with two attached hydrogens (primary N) is 1. The molecule has 3 heteroatoms. The van der Waals surface area contributed by atoms with Crippen molar-refractivity contribution >= 4 is 6.21 Å². The maximum absolute atomic E-state index is 5.39. The van der Waals surface area contributed by atoms with Crippen molar-refractivity contribution in [2.75, 3.05) is 7.11 Å². The summed E-state index contributed by atoms with van der Waals surface area (Å²) in [5.41, 5.74) is -0.146. The second kappa shape index (κ2) is 3.72. The van der Waals surface area contributed by atoms with Gasteiger partial charge in [0.05, 0.1) is 6.21 Å². The average Bonchev–Trinajstić information content (AvgIpc) is 2.07. The molecule has 0 bridgehead atoms. The summed E-state index contributed by atoms with van der Waals surface area (Å²) in [5, 5.41) is 3.55. The highest BCUT2D eigenvalue weighted by atomic mass is 16.5. The molecule has 1 saturated carbocycles. The van der Waals surface area contributed by atoms with Crippen molar-refractivity contribution in [3.05, 3.63) is 0 Å². The zero-order valence-electron chi connectivity index (χ0n) is 7.05. The van der Waals surface area contributed by atoms with E-state index in [1.54, 1.807) is 13.3 Å². The van der Waals surface area contributed by atoms with Gasteiger partial charge in [-0.05, 0) is 12.8 Å². The van der Waals surface area contributed by atoms with Gasteiger partial charge in [-0.2, -0.15) is 5.10 Å². The molecular formula is C8H16N2O. The molecule has 0 saturated heterocycles. The Morgan fingerprint density at radius 2 is 2.00 bits per heavy atom. The minimum Gasteiger partial charge on any atom is -0.372 e. The first-order valence-electron chi connectivity index (χ1n) is 4.12. The molecule has 1 aliphatic rings. The highest BCUT2D eigenvalue weighted by molar-refractivity contribution is 5.68. The maximum atomic E-state index is 5.39. The standard InChI is InChI=1S/C8H16N2O/c1-11-8(7-10-9)5-3-2-4-6-8/h7H,2-6,9H2,1H3/b10-7+. The van der Waals surface area contributed by atoms with Crippen LogP contribution in [0.4, 0.5) is 0 Å². The molecule has 3 nitrogen and oxygen atoms in total. The van der Waals surface area contributed by atoms with Gasteiger partial charge in [-0.25, -0.2) is 0 Å². The molecule has 0 aromatic heterocycles. The van der Waals surface area contributed by atoms with E-state index in [-0.39, 0.29) is 5.60 Å². The van der Waals surface area contributed by atoms with E-state index in [2.05, 4.69) is 5.10 Å². The molecule has 1 rings (SSSR count). The van der Waals surface area contributed by atoms with Crippen molar-refractivity contribution < 1.29 is 4.74 Å². The van der Waals surface area contributed by atoms with Crippen molar-refractivity contribution in [3.63, 3.8) is 0 Å². The quantitative estimate of drug-likeness (QED) is 0.372. The van der Waals surface area contributed by atoms with Gasteiger partial charge in [0.1, 0.15) is 5.60 Å². The first kappa shape index (κ1) is 8.53. The van der Waals surface area contributed by atoms with Crippen molar-refractivity contribution in [3.8, 4) is 0 Å². The number of methoxy groups -OCH3 is 1. The lowest BCUT2D eigenvalue weighted by molar-refractivity contribution is 0.0232. The fourth-order valence-corrected chi connectivity index (χ4v) is 1.67. The van der Waals surface area contributed by atoms with Gasteiger partial charge < -0.3 is 10.6 Å². The van der Waals surface area contributed by atoms with Crippen LogP contribution in [0.5, 0.6) is 0 Å². The number of hydrogen-bond acceptors (Lipinski definition) is 3. The summed E-state index contributed by atoms with van der Waals surface area (Å²) in [7, 11) is 1.73. The lowest BCUT2D eigenvalue weighted by atomic mass is 9.86. The Kier molecular flexibility index (Phi) is 2.88. The summed E-state index contributed by atoms with van der Waals surface area (Å²) < 4.78 is 5.39. The van der Waals surface area contributed by atoms with Gasteiger partial charge in [0.15, 0.2) is 0 Å². The van der Waals surface area contributed by atoms with Gasteiger partial charge in [-0.1, -0.05) is 19.3 Å². The fourth-order valence-electron chi connectivity index (χ4n) is 1.67. The van der Waals surface area contributed by atoms with E-state index in [1.165, 1.54) is 19.3 Å². The van der Waals surface area contributed by atoms with E-state index in [0.717, 1.165) is 12.8 Å². The van der Waals surface area contributed by atoms with Gasteiger partial charge in [0.2, 0.25) is 0 Å². The molecule has 0 radical (unpaired) electrons. The highest BCUT2D eigenvalue weighted by Gasteiger charge is 2.29. The van der Waals surface area contributed by atoms with Crippen molar-refractivity contribution in [2.24, 2.45) is 10.9 Å². The second-order valence-electron chi connectivity index (χ2n) is 3.11. The molecule has 0 unspecified atom stereocenters. The van der Waals surface area contributed by atoms with Crippen LogP contribution in [0.3, 0.4) is 0 Å². The van der Waals surface area contributed by atoms with Crippen LogP contribution in [-0.4, -0.2) is 18.9 Å². The topological polar surface area (TPSA) is 47.6 Å². The SMILES string of the molecule is COC1(/C=N/N)CCCCC1. The first-order chi connectivity index (χ1) is 5.33. The predicted molar refractivity (Wildman–Crippen MR) is 45.5 cm³/mol. The molecular weight excluding hydrogens is 140 g/mol. The summed E-state index contributed by atoms with van der Waals surface area (Å²) in [5.74, 6) is 5.11. The molecule has 0 amide bonds. The van der Waals surface area contributed by atoms with Crippen LogP contribution in [0.2, 0.25) is 0 Å². The van der Waals surface area contributed by atoms with Gasteiger partial charge in [0, 0.05) is 7.11 Å². The third-order valence-electron chi connectivity index (χ3n) is 2.42. The van der Waals surface area contributed by atoms with Gasteiger partial charge in [0.25, 0.3) is 0 Å². The minimum atomic E-state index is -0.146. The molecule has 1 aliphatic carbocycles. The summed E-state index contributed by atoms with van der Waals surface area (Å²) >= 11 is 0. The van der Waals surface area contributed by atoms with Gasteiger partial charge in [-0.15, -0.1) is 0 Å². The molecule has 0 aromatic rings. The molecule has 0 aromatic carbocycles. The highest BCUT2D eigenvalue weighted by Crippen LogP contribution is 2.29. The monoisotopic (exact) mass is 156 g/mol. The smallest absolute Gasteiger partial charge is 0.104 e. The predicted octanol–water partition coefficient (Wildman–Crippen LogP) is 1.28. The Bertz CT molecular complexity index is 139. The molecule has 0 aliphatic heterocycles. The Hall–Kier alpha value is -0.570. The third-order valence-corrected chi connectivity index (χ3v) is 2.42. The van der Waals surface area contributed by atoms with Crippen LogP contribution in [0.25, 0.3) is 0 Å². The zero-order valence-corrected chi connectivity index (χ0v) is 7.05. The van der Waals surface area contributed by atoms with Crippen LogP contribution >= 0.6 is 0 Å². The average molecular weight is 156 g/mol. The van der Waals surface area contributed by atoms with E-state index in [0.29, 0.717) is 0 Å². The molecule has 1 fully saturated rings. The number of rotatable bonds is 2. The van der Waals surface area contributed by atoms with Crippen molar-refractivity contribution in [2.45, 2.75) is 37.7 Å². The lowest BCUT2D eigenvalue weighted by Crippen LogP contribution is -2.35. The molecule has 0 heterocycles. The molecule has 2 N–H and O–H groups in total. The molecule has 11 heavy (non-hydrogen) atoms. The summed E-state index contributed by atoms with van der Waals surface area (Å²) in [6.45, 7) is 0. The van der Waals surface area contributed by atoms with Crippen LogP contribution in [0, 0.1) is 0 Å². The second-order valence-corrected chi connectivity index (χ2v) is 3.11. The molecule has 0 spiro atoms. The van der Waals surface area contributed by atoms with Crippen LogP contribution < -0.4 is 5.84 Å². The van der Waals surface area contributed by atoms with E-state index in [1.807, 2.05) is 0 Å². The number of hydrazone groups is 1. The largest absolute Gasteiger partial charge is 0.372 e. The summed E-state index contributed by atoms with van der Waals surface area (Å²) in [4.78, 5) is 0. The van der Waals surface area contributed by atoms with Crippen LogP contribution in [0.15, 0.2) is 5.10 Å². The van der Waals surface area contributed by atoms with Crippen molar-refractivity contribution in [1.82, 2.24) is 0 Å². The Balaban J connectivity index is 2.56. The molecule has 64 valence electrons. The molecule has 0 atom stereocenters. The Morgan fingerprint density at radius 1 is 1.36 bits per heavy atom. The van der Waals surface area contributed by atoms with E-state index in [4.69, 9.17) is 10.6 Å². The van der Waals surface area contributed by atoms with Gasteiger partial charge in [-0.3, -0.25) is 0 Å². The Labute approximate surface area is 67.6 Å². The van der Waals surface area contributed by atoms with E-state index >= 15 is 0 Å². The van der Waals surface area contributed by atoms with E-state index in [9.17, 15) is 0 Å². The first-order valence-corrected chi connectivity index (χ1v) is 4.12. The number of nitrogens with zero attached hydrogens (tertiary/aromatic N) is 1. The third kappa shape index (κ3) is 1.93. The number of ether oxygens (including phenoxy) is 1. The Morgan fingerprint density at radius 3 is 2.45 bits per heavy atom. The van der Waals surface area contributed by atoms with Crippen molar-refractivity contribution in [1.29, 1.82) is 0 Å². The van der Waals surface area contributed by atoms with E-state index < -0.39 is 0 Å². The zero-order chi connectivity index (χ0) is 8.16. The summed E-state index contributed by atoms with van der Waals surface area (Å²) in [6.07, 6.45) is 7.61. The lowest BCUT2D eigenvalue weighted by Gasteiger charge is -2.31. The van der Waals surface area contributed by atoms with Crippen LogP contribution in [0.1, 0.15) is 32.1 Å². The van der Waals surface area contributed by atoms with Crippen LogP contribution in [-0.2, 0) is 4.74 Å². The number of hydrogen-bond donors (Lipinski definition) is 1. The minimum absolute atomic E-state index is 0.146. The normalized spacial score (nSPS) is 24.1. The maximum Gasteiger partial charge on any atom is 0.104 e. The fraction of sp³-hybridized carbons (Fsp3) is 0.875. The van der Waals surface area contributed by atoms with Gasteiger partial charge >= 0.3 is 0 Å². The summed E-state index contributed by atoms with van der Waals surface area (Å²) in [6, 6.07) is 0.